The van der Waals surface area contributed by atoms with Crippen LogP contribution >= 0.6 is 0 Å². The SMILES string of the molecule is C=CC(=O)Nc1cccc(N2C(C(=O)OCC)=CCc3[nH]ccc32)c1C. The van der Waals surface area contributed by atoms with Gasteiger partial charge in [-0.1, -0.05) is 12.6 Å². The first kappa shape index (κ1) is 17.5. The molecule has 3 rings (SSSR count). The van der Waals surface area contributed by atoms with Gasteiger partial charge in [-0.3, -0.25) is 4.79 Å². The highest BCUT2D eigenvalue weighted by Gasteiger charge is 2.29. The molecule has 6 nitrogen and oxygen atoms in total. The van der Waals surface area contributed by atoms with Crippen molar-refractivity contribution in [2.45, 2.75) is 20.3 Å². The van der Waals surface area contributed by atoms with E-state index in [2.05, 4.69) is 16.9 Å². The Morgan fingerprint density at radius 1 is 1.35 bits per heavy atom. The number of esters is 1. The lowest BCUT2D eigenvalue weighted by Gasteiger charge is -2.31. The van der Waals surface area contributed by atoms with Crippen LogP contribution in [0.2, 0.25) is 0 Å². The molecule has 0 aliphatic carbocycles. The number of aromatic nitrogens is 1. The van der Waals surface area contributed by atoms with Crippen LogP contribution in [0.25, 0.3) is 0 Å². The molecule has 0 atom stereocenters. The second-order valence-corrected chi connectivity index (χ2v) is 5.83. The Morgan fingerprint density at radius 2 is 2.15 bits per heavy atom. The largest absolute Gasteiger partial charge is 0.461 e. The zero-order valence-corrected chi connectivity index (χ0v) is 14.8. The fourth-order valence-electron chi connectivity index (χ4n) is 3.01. The lowest BCUT2D eigenvalue weighted by Crippen LogP contribution is -2.28. The standard InChI is InChI=1S/C20H21N3O3/c1-4-19(24)22-14-7-6-8-16(13(14)3)23-17-11-12-21-15(17)9-10-18(23)20(25)26-5-2/h4,6-8,10-12,21H,1,5,9H2,2-3H3,(H,22,24). The number of ether oxygens (including phenoxy) is 1. The van der Waals surface area contributed by atoms with E-state index in [1.54, 1.807) is 6.92 Å². The second-order valence-electron chi connectivity index (χ2n) is 5.83. The van der Waals surface area contributed by atoms with Gasteiger partial charge in [0.15, 0.2) is 0 Å². The van der Waals surface area contributed by atoms with Crippen LogP contribution in [0.4, 0.5) is 17.1 Å². The van der Waals surface area contributed by atoms with E-state index in [-0.39, 0.29) is 11.9 Å². The van der Waals surface area contributed by atoms with Crippen LogP contribution in [0.15, 0.2) is 54.9 Å². The number of rotatable bonds is 5. The number of carbonyl (C=O) groups is 2. The number of anilines is 3. The summed E-state index contributed by atoms with van der Waals surface area (Å²) in [7, 11) is 0. The molecule has 1 aliphatic heterocycles. The molecule has 6 heteroatoms. The van der Waals surface area contributed by atoms with Crippen molar-refractivity contribution in [3.63, 3.8) is 0 Å². The summed E-state index contributed by atoms with van der Waals surface area (Å²) in [4.78, 5) is 29.3. The average Bonchev–Trinajstić information content (AvgIpc) is 3.11. The van der Waals surface area contributed by atoms with Crippen molar-refractivity contribution in [1.29, 1.82) is 0 Å². The van der Waals surface area contributed by atoms with Gasteiger partial charge < -0.3 is 19.9 Å². The summed E-state index contributed by atoms with van der Waals surface area (Å²) in [6.07, 6.45) is 5.55. The minimum absolute atomic E-state index is 0.285. The highest BCUT2D eigenvalue weighted by molar-refractivity contribution is 6.01. The highest BCUT2D eigenvalue weighted by atomic mass is 16.5. The van der Waals surface area contributed by atoms with Crippen LogP contribution in [-0.2, 0) is 20.7 Å². The summed E-state index contributed by atoms with van der Waals surface area (Å²) in [5, 5.41) is 2.80. The minimum atomic E-state index is -0.376. The third-order valence-corrected chi connectivity index (χ3v) is 4.26. The topological polar surface area (TPSA) is 74.4 Å². The van der Waals surface area contributed by atoms with Crippen molar-refractivity contribution in [2.24, 2.45) is 0 Å². The van der Waals surface area contributed by atoms with E-state index in [1.165, 1.54) is 6.08 Å². The summed E-state index contributed by atoms with van der Waals surface area (Å²) >= 11 is 0. The third-order valence-electron chi connectivity index (χ3n) is 4.26. The van der Waals surface area contributed by atoms with Crippen LogP contribution in [0.5, 0.6) is 0 Å². The lowest BCUT2D eigenvalue weighted by molar-refractivity contribution is -0.138. The summed E-state index contributed by atoms with van der Waals surface area (Å²) in [5.74, 6) is -0.660. The van der Waals surface area contributed by atoms with Crippen LogP contribution < -0.4 is 10.2 Å². The Labute approximate surface area is 152 Å². The molecule has 1 amide bonds. The summed E-state index contributed by atoms with van der Waals surface area (Å²) < 4.78 is 5.23. The predicted octanol–water partition coefficient (Wildman–Crippen LogP) is 3.59. The van der Waals surface area contributed by atoms with Crippen LogP contribution in [-0.4, -0.2) is 23.5 Å². The van der Waals surface area contributed by atoms with Crippen LogP contribution in [0.3, 0.4) is 0 Å². The number of nitrogens with zero attached hydrogens (tertiary/aromatic N) is 1. The predicted molar refractivity (Wildman–Crippen MR) is 101 cm³/mol. The van der Waals surface area contributed by atoms with Crippen molar-refractivity contribution in [3.8, 4) is 0 Å². The molecule has 2 heterocycles. The first-order chi connectivity index (χ1) is 12.6. The molecule has 0 saturated heterocycles. The molecule has 0 radical (unpaired) electrons. The van der Waals surface area contributed by atoms with Gasteiger partial charge in [0.25, 0.3) is 0 Å². The van der Waals surface area contributed by atoms with Crippen molar-refractivity contribution in [2.75, 3.05) is 16.8 Å². The van der Waals surface area contributed by atoms with Gasteiger partial charge in [0.2, 0.25) is 5.91 Å². The fraction of sp³-hybridized carbons (Fsp3) is 0.200. The first-order valence-electron chi connectivity index (χ1n) is 8.43. The van der Waals surface area contributed by atoms with Gasteiger partial charge in [0.05, 0.1) is 18.0 Å². The lowest BCUT2D eigenvalue weighted by atomic mass is 10.0. The highest BCUT2D eigenvalue weighted by Crippen LogP contribution is 2.39. The van der Waals surface area contributed by atoms with E-state index in [0.29, 0.717) is 24.4 Å². The molecule has 1 aromatic heterocycles. The monoisotopic (exact) mass is 351 g/mol. The quantitative estimate of drug-likeness (QED) is 0.638. The number of allylic oxidation sites excluding steroid dienone is 1. The number of hydrogen-bond donors (Lipinski definition) is 2. The molecule has 26 heavy (non-hydrogen) atoms. The van der Waals surface area contributed by atoms with Gasteiger partial charge >= 0.3 is 5.97 Å². The number of hydrogen-bond acceptors (Lipinski definition) is 4. The van der Waals surface area contributed by atoms with Gasteiger partial charge in [-0.2, -0.15) is 0 Å². The van der Waals surface area contributed by atoms with E-state index in [4.69, 9.17) is 4.74 Å². The number of H-pyrrole nitrogens is 1. The Kier molecular flexibility index (Phi) is 4.93. The Morgan fingerprint density at radius 3 is 2.88 bits per heavy atom. The fourth-order valence-corrected chi connectivity index (χ4v) is 3.01. The summed E-state index contributed by atoms with van der Waals surface area (Å²) in [6, 6.07) is 7.49. The second kappa shape index (κ2) is 7.31. The molecule has 0 bridgehead atoms. The molecule has 0 saturated carbocycles. The Hall–Kier alpha value is -3.28. The van der Waals surface area contributed by atoms with E-state index in [0.717, 1.165) is 22.6 Å². The van der Waals surface area contributed by atoms with Gasteiger partial charge in [0, 0.05) is 24.0 Å². The number of aromatic amines is 1. The van der Waals surface area contributed by atoms with Crippen molar-refractivity contribution >= 4 is 28.9 Å². The average molecular weight is 351 g/mol. The zero-order valence-electron chi connectivity index (χ0n) is 14.8. The van der Waals surface area contributed by atoms with Crippen molar-refractivity contribution in [1.82, 2.24) is 4.98 Å². The zero-order chi connectivity index (χ0) is 18.7. The maximum absolute atomic E-state index is 12.5. The number of amides is 1. The number of nitrogens with one attached hydrogen (secondary N) is 2. The van der Waals surface area contributed by atoms with Gasteiger partial charge in [0.1, 0.15) is 5.70 Å². The molecule has 0 unspecified atom stereocenters. The van der Waals surface area contributed by atoms with E-state index >= 15 is 0 Å². The van der Waals surface area contributed by atoms with Crippen LogP contribution in [0, 0.1) is 6.92 Å². The number of benzene rings is 1. The maximum atomic E-state index is 12.5. The Balaban J connectivity index is 2.09. The van der Waals surface area contributed by atoms with Gasteiger partial charge in [-0.05, 0) is 49.8 Å². The molecule has 134 valence electrons. The molecule has 0 fully saturated rings. The minimum Gasteiger partial charge on any atom is -0.461 e. The summed E-state index contributed by atoms with van der Waals surface area (Å²) in [6.45, 7) is 7.47. The van der Waals surface area contributed by atoms with E-state index in [1.807, 2.05) is 48.4 Å². The summed E-state index contributed by atoms with van der Waals surface area (Å²) in [5.41, 5.74) is 4.68. The molecule has 2 aromatic rings. The molecule has 2 N–H and O–H groups in total. The molecule has 0 spiro atoms. The smallest absolute Gasteiger partial charge is 0.354 e. The molecular weight excluding hydrogens is 330 g/mol. The molecule has 1 aromatic carbocycles. The van der Waals surface area contributed by atoms with Crippen molar-refractivity contribution < 1.29 is 14.3 Å². The van der Waals surface area contributed by atoms with Gasteiger partial charge in [-0.15, -0.1) is 0 Å². The third kappa shape index (κ3) is 3.13. The molecule has 1 aliphatic rings. The Bertz CT molecular complexity index is 895. The van der Waals surface area contributed by atoms with Crippen molar-refractivity contribution in [3.05, 3.63) is 66.1 Å². The van der Waals surface area contributed by atoms with E-state index in [9.17, 15) is 9.59 Å². The number of fused-ring (bicyclic) bond motifs is 1. The van der Waals surface area contributed by atoms with Crippen LogP contribution in [0.1, 0.15) is 18.2 Å². The molecular formula is C20H21N3O3. The first-order valence-corrected chi connectivity index (χ1v) is 8.43. The normalized spacial score (nSPS) is 12.8. The van der Waals surface area contributed by atoms with Gasteiger partial charge in [-0.25, -0.2) is 4.79 Å². The van der Waals surface area contributed by atoms with E-state index < -0.39 is 0 Å². The maximum Gasteiger partial charge on any atom is 0.354 e. The number of carbonyl (C=O) groups excluding carboxylic acids is 2.